The second-order valence-corrected chi connectivity index (χ2v) is 6.87. The lowest BCUT2D eigenvalue weighted by Crippen LogP contribution is -2.06. The normalized spacial score (nSPS) is 15.3. The van der Waals surface area contributed by atoms with Gasteiger partial charge in [-0.1, -0.05) is 13.8 Å². The van der Waals surface area contributed by atoms with Gasteiger partial charge in [0.05, 0.1) is 5.03 Å². The van der Waals surface area contributed by atoms with Crippen molar-refractivity contribution in [2.24, 2.45) is 0 Å². The Morgan fingerprint density at radius 2 is 1.89 bits per heavy atom. The van der Waals surface area contributed by atoms with Crippen LogP contribution in [0.25, 0.3) is 0 Å². The summed E-state index contributed by atoms with van der Waals surface area (Å²) in [6.45, 7) is 4.27. The van der Waals surface area contributed by atoms with Crippen molar-refractivity contribution < 1.29 is 4.79 Å². The topological polar surface area (TPSA) is 30.0 Å². The summed E-state index contributed by atoms with van der Waals surface area (Å²) in [5, 5.41) is 1.00. The van der Waals surface area contributed by atoms with Gasteiger partial charge in [0.25, 0.3) is 0 Å². The molecule has 1 aromatic heterocycles. The van der Waals surface area contributed by atoms with E-state index in [4.69, 9.17) is 0 Å². The minimum absolute atomic E-state index is 0.235. The Hall–Kier alpha value is -0.480. The van der Waals surface area contributed by atoms with Crippen LogP contribution in [0.15, 0.2) is 16.0 Å². The van der Waals surface area contributed by atoms with Crippen molar-refractivity contribution >= 4 is 29.3 Å². The van der Waals surface area contributed by atoms with E-state index in [1.807, 2.05) is 11.8 Å². The number of carbonyl (C=O) groups is 1. The van der Waals surface area contributed by atoms with Gasteiger partial charge in [0.2, 0.25) is 0 Å². The van der Waals surface area contributed by atoms with E-state index in [0.717, 1.165) is 41.5 Å². The molecule has 4 heteroatoms. The summed E-state index contributed by atoms with van der Waals surface area (Å²) < 4.78 is 0. The second kappa shape index (κ2) is 6.62. The van der Waals surface area contributed by atoms with Crippen molar-refractivity contribution in [3.63, 3.8) is 0 Å². The van der Waals surface area contributed by atoms with Gasteiger partial charge in [-0.3, -0.25) is 4.79 Å². The Labute approximate surface area is 117 Å². The standard InChI is InChI=1S/C14H19NOS2/c1-3-17-12-9-13(18-4-2)15-14-10(12)7-5-6-8-11(14)16/h9H,3-8H2,1-2H3. The Balaban J connectivity index is 2.47. The Morgan fingerprint density at radius 3 is 2.61 bits per heavy atom. The molecule has 1 aromatic rings. The molecule has 2 rings (SSSR count). The van der Waals surface area contributed by atoms with E-state index in [2.05, 4.69) is 24.9 Å². The maximum absolute atomic E-state index is 12.1. The third kappa shape index (κ3) is 3.09. The summed E-state index contributed by atoms with van der Waals surface area (Å²) in [6, 6.07) is 2.17. The van der Waals surface area contributed by atoms with Gasteiger partial charge in [-0.05, 0) is 42.4 Å². The number of Topliss-reactive ketones (excluding diaryl/α,β-unsaturated/α-hetero) is 1. The number of rotatable bonds is 4. The molecule has 0 fully saturated rings. The Morgan fingerprint density at radius 1 is 1.17 bits per heavy atom. The number of thioether (sulfide) groups is 2. The smallest absolute Gasteiger partial charge is 0.181 e. The molecular formula is C14H19NOS2. The molecule has 1 aliphatic rings. The van der Waals surface area contributed by atoms with Crippen LogP contribution in [0.2, 0.25) is 0 Å². The first-order valence-corrected chi connectivity index (χ1v) is 8.56. The molecule has 18 heavy (non-hydrogen) atoms. The van der Waals surface area contributed by atoms with Crippen molar-refractivity contribution in [2.45, 2.75) is 49.5 Å². The number of hydrogen-bond donors (Lipinski definition) is 0. The van der Waals surface area contributed by atoms with E-state index in [9.17, 15) is 4.79 Å². The van der Waals surface area contributed by atoms with E-state index in [1.165, 1.54) is 10.5 Å². The van der Waals surface area contributed by atoms with E-state index < -0.39 is 0 Å². The molecule has 0 amide bonds. The van der Waals surface area contributed by atoms with Crippen LogP contribution in [0.4, 0.5) is 0 Å². The first-order chi connectivity index (χ1) is 8.76. The summed E-state index contributed by atoms with van der Waals surface area (Å²) in [5.41, 5.74) is 1.95. The monoisotopic (exact) mass is 281 g/mol. The maximum atomic E-state index is 12.1. The number of ketones is 1. The first-order valence-electron chi connectivity index (χ1n) is 6.59. The molecular weight excluding hydrogens is 262 g/mol. The number of nitrogens with zero attached hydrogens (tertiary/aromatic N) is 1. The number of carbonyl (C=O) groups excluding carboxylic acids is 1. The molecule has 1 heterocycles. The van der Waals surface area contributed by atoms with Crippen molar-refractivity contribution in [1.29, 1.82) is 0 Å². The molecule has 0 saturated carbocycles. The maximum Gasteiger partial charge on any atom is 0.181 e. The zero-order chi connectivity index (χ0) is 13.0. The van der Waals surface area contributed by atoms with E-state index >= 15 is 0 Å². The lowest BCUT2D eigenvalue weighted by atomic mass is 10.1. The molecule has 0 atom stereocenters. The van der Waals surface area contributed by atoms with Gasteiger partial charge < -0.3 is 0 Å². The van der Waals surface area contributed by atoms with Gasteiger partial charge >= 0.3 is 0 Å². The minimum atomic E-state index is 0.235. The van der Waals surface area contributed by atoms with Crippen molar-refractivity contribution in [2.75, 3.05) is 11.5 Å². The third-order valence-electron chi connectivity index (χ3n) is 3.00. The highest BCUT2D eigenvalue weighted by Gasteiger charge is 2.21. The second-order valence-electron chi connectivity index (χ2n) is 4.28. The van der Waals surface area contributed by atoms with Crippen LogP contribution in [0, 0.1) is 0 Å². The fourth-order valence-corrected chi connectivity index (χ4v) is 3.82. The fourth-order valence-electron chi connectivity index (χ4n) is 2.21. The van der Waals surface area contributed by atoms with E-state index in [0.29, 0.717) is 6.42 Å². The van der Waals surface area contributed by atoms with E-state index in [1.54, 1.807) is 11.8 Å². The number of hydrogen-bond acceptors (Lipinski definition) is 4. The van der Waals surface area contributed by atoms with Gasteiger partial charge in [-0.25, -0.2) is 4.98 Å². The van der Waals surface area contributed by atoms with Gasteiger partial charge in [-0.2, -0.15) is 0 Å². The summed E-state index contributed by atoms with van der Waals surface area (Å²) in [5.74, 6) is 2.27. The summed E-state index contributed by atoms with van der Waals surface area (Å²) in [6.07, 6.45) is 3.78. The average molecular weight is 281 g/mol. The quantitative estimate of drug-likeness (QED) is 0.610. The molecule has 0 spiro atoms. The number of aromatic nitrogens is 1. The van der Waals surface area contributed by atoms with Crippen molar-refractivity contribution in [3.8, 4) is 0 Å². The lowest BCUT2D eigenvalue weighted by molar-refractivity contribution is 0.0976. The largest absolute Gasteiger partial charge is 0.292 e. The van der Waals surface area contributed by atoms with Crippen LogP contribution >= 0.6 is 23.5 Å². The molecule has 2 nitrogen and oxygen atoms in total. The zero-order valence-corrected chi connectivity index (χ0v) is 12.6. The first kappa shape index (κ1) is 13.9. The van der Waals surface area contributed by atoms with E-state index in [-0.39, 0.29) is 5.78 Å². The van der Waals surface area contributed by atoms with Gasteiger partial charge in [0.1, 0.15) is 5.69 Å². The molecule has 0 unspecified atom stereocenters. The highest BCUT2D eigenvalue weighted by molar-refractivity contribution is 8.00. The predicted molar refractivity (Wildman–Crippen MR) is 78.9 cm³/mol. The third-order valence-corrected chi connectivity index (χ3v) is 4.75. The van der Waals surface area contributed by atoms with Crippen LogP contribution < -0.4 is 0 Å². The highest BCUT2D eigenvalue weighted by atomic mass is 32.2. The summed E-state index contributed by atoms with van der Waals surface area (Å²) in [7, 11) is 0. The molecule has 0 aliphatic heterocycles. The summed E-state index contributed by atoms with van der Waals surface area (Å²) >= 11 is 3.56. The summed E-state index contributed by atoms with van der Waals surface area (Å²) in [4.78, 5) is 18.0. The molecule has 0 radical (unpaired) electrons. The van der Waals surface area contributed by atoms with Crippen molar-refractivity contribution in [1.82, 2.24) is 4.98 Å². The number of pyridine rings is 1. The number of fused-ring (bicyclic) bond motifs is 1. The SMILES string of the molecule is CCSc1cc(SCC)c2c(n1)C(=O)CCCC2. The van der Waals surface area contributed by atoms with Crippen LogP contribution in [0.5, 0.6) is 0 Å². The molecule has 0 aromatic carbocycles. The van der Waals surface area contributed by atoms with Crippen molar-refractivity contribution in [3.05, 3.63) is 17.3 Å². The predicted octanol–water partition coefficient (Wildman–Crippen LogP) is 4.21. The Kier molecular flexibility index (Phi) is 5.13. The molecule has 98 valence electrons. The lowest BCUT2D eigenvalue weighted by Gasteiger charge is -2.12. The molecule has 0 N–H and O–H groups in total. The van der Waals surface area contributed by atoms with Gasteiger partial charge in [0, 0.05) is 11.3 Å². The molecule has 1 aliphatic carbocycles. The average Bonchev–Trinajstić information content (AvgIpc) is 2.53. The molecule has 0 saturated heterocycles. The van der Waals surface area contributed by atoms with Crippen LogP contribution in [0.1, 0.15) is 49.2 Å². The Bertz CT molecular complexity index is 446. The van der Waals surface area contributed by atoms with Crippen LogP contribution in [0.3, 0.4) is 0 Å². The van der Waals surface area contributed by atoms with Crippen LogP contribution in [-0.2, 0) is 6.42 Å². The van der Waals surface area contributed by atoms with Gasteiger partial charge in [-0.15, -0.1) is 23.5 Å². The minimum Gasteiger partial charge on any atom is -0.292 e. The van der Waals surface area contributed by atoms with Gasteiger partial charge in [0.15, 0.2) is 5.78 Å². The molecule has 0 bridgehead atoms. The zero-order valence-electron chi connectivity index (χ0n) is 11.0. The fraction of sp³-hybridized carbons (Fsp3) is 0.571. The highest BCUT2D eigenvalue weighted by Crippen LogP contribution is 2.32. The van der Waals surface area contributed by atoms with Crippen LogP contribution in [-0.4, -0.2) is 22.3 Å².